The van der Waals surface area contributed by atoms with Crippen molar-refractivity contribution in [2.45, 2.75) is 17.5 Å². The molecule has 4 heterocycles. The number of aromatic nitrogens is 2. The molecule has 0 spiro atoms. The Labute approximate surface area is 347 Å². The zero-order valence-electron chi connectivity index (χ0n) is 31.8. The number of aliphatic imine (C=N–C) groups is 2. The highest BCUT2D eigenvalue weighted by molar-refractivity contribution is 7.90. The highest BCUT2D eigenvalue weighted by Crippen LogP contribution is 2.41. The van der Waals surface area contributed by atoms with Crippen LogP contribution >= 0.6 is 0 Å². The van der Waals surface area contributed by atoms with Gasteiger partial charge in [0.05, 0.1) is 38.4 Å². The third-order valence-electron chi connectivity index (χ3n) is 10.8. The highest BCUT2D eigenvalue weighted by atomic mass is 32.2. The molecule has 2 aliphatic rings. The lowest BCUT2D eigenvalue weighted by atomic mass is 9.99. The van der Waals surface area contributed by atoms with Crippen molar-refractivity contribution >= 4 is 77.8 Å². The van der Waals surface area contributed by atoms with Crippen molar-refractivity contribution in [3.8, 4) is 22.9 Å². The van der Waals surface area contributed by atoms with E-state index >= 15 is 0 Å². The Kier molecular flexibility index (Phi) is 8.73. The molecule has 0 radical (unpaired) electrons. The highest BCUT2D eigenvalue weighted by Gasteiger charge is 2.34. The van der Waals surface area contributed by atoms with Gasteiger partial charge in [-0.25, -0.2) is 23.2 Å². The molecule has 1 amide bonds. The number of Topliss-reactive ketones (excluding diaryl/α,β-unsaturated/α-hetero) is 2. The summed E-state index contributed by atoms with van der Waals surface area (Å²) in [5.41, 5.74) is 4.40. The average Bonchev–Trinajstić information content (AvgIpc) is 3.96. The van der Waals surface area contributed by atoms with Gasteiger partial charge in [-0.05, 0) is 71.8 Å². The number of sulfone groups is 1. The van der Waals surface area contributed by atoms with E-state index in [0.29, 0.717) is 55.6 Å². The van der Waals surface area contributed by atoms with Crippen LogP contribution in [0.4, 0.5) is 21.9 Å². The predicted molar refractivity (Wildman–Crippen MR) is 230 cm³/mol. The Balaban J connectivity index is 0.944. The van der Waals surface area contributed by atoms with Gasteiger partial charge in [0.2, 0.25) is 23.3 Å². The van der Waals surface area contributed by atoms with Crippen LogP contribution in [0, 0.1) is 0 Å². The molecule has 0 aliphatic carbocycles. The first-order chi connectivity index (χ1) is 29.6. The summed E-state index contributed by atoms with van der Waals surface area (Å²) in [6.45, 7) is -0.353. The number of para-hydroxylation sites is 4. The number of ketones is 2. The number of nitrogens with one attached hydrogen (secondary N) is 1. The van der Waals surface area contributed by atoms with Crippen LogP contribution in [0.15, 0.2) is 160 Å². The topological polar surface area (TPSA) is 182 Å². The molecule has 14 heteroatoms. The van der Waals surface area contributed by atoms with Crippen LogP contribution in [0.1, 0.15) is 31.8 Å². The van der Waals surface area contributed by atoms with E-state index in [1.807, 2.05) is 6.07 Å². The maximum atomic E-state index is 14.1. The number of benzene rings is 6. The van der Waals surface area contributed by atoms with E-state index in [1.165, 1.54) is 21.3 Å². The van der Waals surface area contributed by atoms with E-state index in [1.54, 1.807) is 127 Å². The number of anilines is 1. The Morgan fingerprint density at radius 1 is 0.607 bits per heavy atom. The molecule has 0 atom stereocenters. The van der Waals surface area contributed by atoms with Crippen molar-refractivity contribution in [3.63, 3.8) is 0 Å². The number of amides is 1. The minimum Gasteiger partial charge on any atom is -0.494 e. The normalized spacial score (nSPS) is 13.3. The summed E-state index contributed by atoms with van der Waals surface area (Å²) >= 11 is 0. The molecule has 8 aromatic rings. The number of aromatic hydroxyl groups is 2. The molecule has 13 nitrogen and oxygen atoms in total. The van der Waals surface area contributed by atoms with E-state index in [4.69, 9.17) is 4.74 Å². The van der Waals surface area contributed by atoms with Crippen LogP contribution in [0.5, 0.6) is 11.8 Å². The van der Waals surface area contributed by atoms with Crippen LogP contribution in [0.3, 0.4) is 0 Å². The SMILES string of the molecule is O=C(Nc1ccccc1)OCn1c(O)c(C2=Nc3cc(-c4cccc(S(=O)(=O)Cn5c(O)c(C6=Nc7ccccc7C6=O)c6ccccc65)c4)ccc3C2=O)c2ccccc21. The van der Waals surface area contributed by atoms with Crippen molar-refractivity contribution in [1.29, 1.82) is 0 Å². The van der Waals surface area contributed by atoms with E-state index in [0.717, 1.165) is 0 Å². The van der Waals surface area contributed by atoms with E-state index in [2.05, 4.69) is 15.3 Å². The molecule has 0 bridgehead atoms. The fraction of sp³-hybridized carbons (Fsp3) is 0.0426. The zero-order chi connectivity index (χ0) is 42.0. The summed E-state index contributed by atoms with van der Waals surface area (Å²) in [7, 11) is -4.12. The third kappa shape index (κ3) is 6.24. The number of nitrogens with zero attached hydrogens (tertiary/aromatic N) is 4. The van der Waals surface area contributed by atoms with Gasteiger partial charge in [-0.2, -0.15) is 0 Å². The van der Waals surface area contributed by atoms with Gasteiger partial charge in [-0.3, -0.25) is 24.0 Å². The quantitative estimate of drug-likeness (QED) is 0.129. The van der Waals surface area contributed by atoms with Crippen molar-refractivity contribution in [1.82, 2.24) is 9.13 Å². The minimum absolute atomic E-state index is 0.00283. The summed E-state index contributed by atoms with van der Waals surface area (Å²) in [6.07, 6.45) is -0.736. The largest absolute Gasteiger partial charge is 0.494 e. The molecule has 3 N–H and O–H groups in total. The molecule has 298 valence electrons. The van der Waals surface area contributed by atoms with Gasteiger partial charge < -0.3 is 14.9 Å². The number of ether oxygens (including phenoxy) is 1. The van der Waals surface area contributed by atoms with Crippen LogP contribution in [-0.4, -0.2) is 56.8 Å². The lowest BCUT2D eigenvalue weighted by molar-refractivity contribution is 0.106. The average molecular weight is 826 g/mol. The third-order valence-corrected chi connectivity index (χ3v) is 12.4. The molecule has 0 saturated heterocycles. The summed E-state index contributed by atoms with van der Waals surface area (Å²) in [4.78, 5) is 49.0. The number of carbonyl (C=O) groups is 3. The zero-order valence-corrected chi connectivity index (χ0v) is 32.6. The first-order valence-electron chi connectivity index (χ1n) is 19.0. The minimum atomic E-state index is -4.12. The maximum absolute atomic E-state index is 14.1. The Bertz CT molecular complexity index is 3370. The predicted octanol–water partition coefficient (Wildman–Crippen LogP) is 8.95. The molecule has 0 fully saturated rings. The van der Waals surface area contributed by atoms with Gasteiger partial charge in [-0.1, -0.05) is 84.9 Å². The summed E-state index contributed by atoms with van der Waals surface area (Å²) < 4.78 is 36.4. The number of rotatable bonds is 9. The van der Waals surface area contributed by atoms with Crippen LogP contribution in [-0.2, 0) is 27.2 Å². The standard InChI is InChI=1S/C47H31N5O8S/c53-43-31-15-4-7-18-35(31)49-41(43)40-34-17-6-9-20-38(34)52(46(40)56)26-61(58,59)30-14-10-11-27(23-30)28-21-22-32-36(24-28)50-42(44(32)54)39-33-16-5-8-19-37(33)51(45(39)55)25-60-47(57)48-29-12-2-1-3-13-29/h1-24,55-56H,25-26H2,(H,48,57). The summed E-state index contributed by atoms with van der Waals surface area (Å²) in [5, 5.41) is 26.7. The fourth-order valence-corrected chi connectivity index (χ4v) is 9.26. The molecule has 10 rings (SSSR count). The molecular weight excluding hydrogens is 795 g/mol. The number of hydrogen-bond acceptors (Lipinski definition) is 10. The van der Waals surface area contributed by atoms with Gasteiger partial charge in [0.15, 0.2) is 16.6 Å². The van der Waals surface area contributed by atoms with E-state index < -0.39 is 33.5 Å². The number of carbonyl (C=O) groups excluding carboxylic acids is 3. The van der Waals surface area contributed by atoms with Gasteiger partial charge in [-0.15, -0.1) is 0 Å². The number of fused-ring (bicyclic) bond motifs is 4. The Morgan fingerprint density at radius 3 is 1.89 bits per heavy atom. The fourth-order valence-electron chi connectivity index (χ4n) is 7.92. The molecule has 0 saturated carbocycles. The van der Waals surface area contributed by atoms with E-state index in [9.17, 15) is 33.0 Å². The smallest absolute Gasteiger partial charge is 0.413 e. The van der Waals surface area contributed by atoms with Crippen molar-refractivity contribution < 1.29 is 37.8 Å². The molecule has 6 aromatic carbocycles. The van der Waals surface area contributed by atoms with Gasteiger partial charge >= 0.3 is 6.09 Å². The summed E-state index contributed by atoms with van der Waals surface area (Å²) in [5.74, 6) is -2.13. The molecular formula is C47H31N5O8S. The van der Waals surface area contributed by atoms with Gasteiger partial charge in [0, 0.05) is 27.6 Å². The molecule has 2 aromatic heterocycles. The molecule has 61 heavy (non-hydrogen) atoms. The molecule has 0 unspecified atom stereocenters. The van der Waals surface area contributed by atoms with Crippen molar-refractivity contribution in [3.05, 3.63) is 168 Å². The lowest BCUT2D eigenvalue weighted by Crippen LogP contribution is -2.16. The second-order valence-electron chi connectivity index (χ2n) is 14.4. The van der Waals surface area contributed by atoms with Gasteiger partial charge in [0.1, 0.15) is 17.3 Å². The first-order valence-corrected chi connectivity index (χ1v) is 20.7. The van der Waals surface area contributed by atoms with Crippen molar-refractivity contribution in [2.24, 2.45) is 9.98 Å². The monoisotopic (exact) mass is 825 g/mol. The van der Waals surface area contributed by atoms with Gasteiger partial charge in [0.25, 0.3) is 0 Å². The lowest BCUT2D eigenvalue weighted by Gasteiger charge is -2.11. The Morgan fingerprint density at radius 2 is 1.18 bits per heavy atom. The second kappa shape index (κ2) is 14.3. The Hall–Kier alpha value is -8.10. The first kappa shape index (κ1) is 37.2. The maximum Gasteiger partial charge on any atom is 0.413 e. The van der Waals surface area contributed by atoms with E-state index in [-0.39, 0.29) is 51.4 Å². The second-order valence-corrected chi connectivity index (χ2v) is 16.4. The van der Waals surface area contributed by atoms with Crippen LogP contribution in [0.2, 0.25) is 0 Å². The van der Waals surface area contributed by atoms with Crippen LogP contribution in [0.25, 0.3) is 32.9 Å². The summed E-state index contributed by atoms with van der Waals surface area (Å²) in [6, 6.07) is 40.7. The number of hydrogen-bond donors (Lipinski definition) is 3. The van der Waals surface area contributed by atoms with Crippen LogP contribution < -0.4 is 5.32 Å². The van der Waals surface area contributed by atoms with Crippen molar-refractivity contribution in [2.75, 3.05) is 5.32 Å². The molecule has 2 aliphatic heterocycles.